The summed E-state index contributed by atoms with van der Waals surface area (Å²) in [6, 6.07) is 8.06. The Kier molecular flexibility index (Phi) is 6.58. The molecule has 5 heteroatoms. The Hall–Kier alpha value is -1.00. The number of ether oxygens (including phenoxy) is 1. The van der Waals surface area contributed by atoms with Crippen molar-refractivity contribution in [2.75, 3.05) is 20.2 Å². The van der Waals surface area contributed by atoms with Crippen molar-refractivity contribution in [3.8, 4) is 5.75 Å². The second-order valence-electron chi connectivity index (χ2n) is 5.48. The number of rotatable bonds is 5. The number of benzene rings is 1. The third-order valence-corrected chi connectivity index (χ3v) is 4.54. The third-order valence-electron chi connectivity index (χ3n) is 3.80. The highest BCUT2D eigenvalue weighted by Crippen LogP contribution is 2.22. The second-order valence-corrected chi connectivity index (χ2v) is 6.28. The summed E-state index contributed by atoms with van der Waals surface area (Å²) in [6.07, 6.45) is 6.42. The highest BCUT2D eigenvalue weighted by Gasteiger charge is 2.15. The second kappa shape index (κ2) is 8.44. The van der Waals surface area contributed by atoms with E-state index in [9.17, 15) is 0 Å². The maximum Gasteiger partial charge on any atom is 0.169 e. The summed E-state index contributed by atoms with van der Waals surface area (Å²) >= 11 is 11.5. The van der Waals surface area contributed by atoms with Crippen molar-refractivity contribution in [2.24, 2.45) is 0 Å². The molecule has 2 rings (SSSR count). The lowest BCUT2D eigenvalue weighted by molar-refractivity contribution is 0.281. The Bertz CT molecular complexity index is 463. The van der Waals surface area contributed by atoms with Crippen LogP contribution in [0.3, 0.4) is 0 Å². The van der Waals surface area contributed by atoms with Crippen molar-refractivity contribution in [1.82, 2.24) is 10.2 Å². The highest BCUT2D eigenvalue weighted by molar-refractivity contribution is 7.80. The van der Waals surface area contributed by atoms with Crippen LogP contribution >= 0.6 is 23.8 Å². The van der Waals surface area contributed by atoms with Gasteiger partial charge in [0, 0.05) is 13.1 Å². The molecule has 0 atom stereocenters. The van der Waals surface area contributed by atoms with Crippen LogP contribution in [0.25, 0.3) is 0 Å². The molecular weight excluding hydrogens is 304 g/mol. The van der Waals surface area contributed by atoms with Crippen LogP contribution in [0.2, 0.25) is 5.02 Å². The Morgan fingerprint density at radius 3 is 2.76 bits per heavy atom. The van der Waals surface area contributed by atoms with Gasteiger partial charge in [-0.05, 0) is 37.2 Å². The predicted molar refractivity (Wildman–Crippen MR) is 92.2 cm³/mol. The molecule has 0 bridgehead atoms. The smallest absolute Gasteiger partial charge is 0.169 e. The van der Waals surface area contributed by atoms with E-state index in [4.69, 9.17) is 28.6 Å². The van der Waals surface area contributed by atoms with Crippen molar-refractivity contribution < 1.29 is 4.74 Å². The molecule has 1 N–H and O–H groups in total. The predicted octanol–water partition coefficient (Wildman–Crippen LogP) is 3.86. The minimum Gasteiger partial charge on any atom is -0.490 e. The summed E-state index contributed by atoms with van der Waals surface area (Å²) in [4.78, 5) is 2.03. The molecule has 3 nitrogen and oxygen atoms in total. The minimum atomic E-state index is 0.540. The van der Waals surface area contributed by atoms with Crippen LogP contribution in [0.4, 0.5) is 0 Å². The van der Waals surface area contributed by atoms with Crippen LogP contribution in [0, 0.1) is 0 Å². The van der Waals surface area contributed by atoms with Gasteiger partial charge in [0.25, 0.3) is 0 Å². The van der Waals surface area contributed by atoms with Crippen molar-refractivity contribution in [3.05, 3.63) is 29.3 Å². The Morgan fingerprint density at radius 2 is 2.05 bits per heavy atom. The maximum atomic E-state index is 6.05. The Balaban J connectivity index is 1.70. The lowest BCUT2D eigenvalue weighted by atomic mass is 9.96. The molecule has 1 saturated carbocycles. The summed E-state index contributed by atoms with van der Waals surface area (Å²) in [7, 11) is 1.99. The molecule has 1 aliphatic rings. The van der Waals surface area contributed by atoms with Gasteiger partial charge in [-0.1, -0.05) is 43.0 Å². The Labute approximate surface area is 137 Å². The average Bonchev–Trinajstić information content (AvgIpc) is 2.50. The van der Waals surface area contributed by atoms with Crippen LogP contribution in [0.1, 0.15) is 32.1 Å². The SMILES string of the molecule is CN(CCOc1ccccc1Cl)C(=S)NC1CCCCC1. The monoisotopic (exact) mass is 326 g/mol. The van der Waals surface area contributed by atoms with Crippen LogP contribution in [-0.4, -0.2) is 36.3 Å². The largest absolute Gasteiger partial charge is 0.490 e. The minimum absolute atomic E-state index is 0.540. The number of nitrogens with zero attached hydrogens (tertiary/aromatic N) is 1. The van der Waals surface area contributed by atoms with E-state index < -0.39 is 0 Å². The first kappa shape index (κ1) is 16.4. The first-order valence-electron chi connectivity index (χ1n) is 7.56. The molecule has 0 aromatic heterocycles. The van der Waals surface area contributed by atoms with Gasteiger partial charge in [-0.25, -0.2) is 0 Å². The van der Waals surface area contributed by atoms with Gasteiger partial charge in [-0.15, -0.1) is 0 Å². The molecule has 1 aromatic rings. The van der Waals surface area contributed by atoms with E-state index in [2.05, 4.69) is 5.32 Å². The summed E-state index contributed by atoms with van der Waals surface area (Å²) < 4.78 is 5.69. The van der Waals surface area contributed by atoms with Crippen molar-refractivity contribution >= 4 is 28.9 Å². The zero-order valence-electron chi connectivity index (χ0n) is 12.5. The number of para-hydroxylation sites is 1. The zero-order valence-corrected chi connectivity index (χ0v) is 14.1. The zero-order chi connectivity index (χ0) is 15.1. The first-order valence-corrected chi connectivity index (χ1v) is 8.34. The molecule has 1 fully saturated rings. The number of thiocarbonyl (C=S) groups is 1. The van der Waals surface area contributed by atoms with Gasteiger partial charge < -0.3 is 15.0 Å². The maximum absolute atomic E-state index is 6.05. The topological polar surface area (TPSA) is 24.5 Å². The molecule has 21 heavy (non-hydrogen) atoms. The number of hydrogen-bond donors (Lipinski definition) is 1. The van der Waals surface area contributed by atoms with Crippen LogP contribution in [0.15, 0.2) is 24.3 Å². The number of halogens is 1. The van der Waals surface area contributed by atoms with Crippen molar-refractivity contribution in [2.45, 2.75) is 38.1 Å². The van der Waals surface area contributed by atoms with Gasteiger partial charge in [-0.2, -0.15) is 0 Å². The molecule has 0 heterocycles. The van der Waals surface area contributed by atoms with Gasteiger partial charge in [0.15, 0.2) is 5.11 Å². The van der Waals surface area contributed by atoms with E-state index in [1.165, 1.54) is 32.1 Å². The molecule has 0 saturated heterocycles. The number of nitrogens with one attached hydrogen (secondary N) is 1. The lowest BCUT2D eigenvalue weighted by Gasteiger charge is -2.28. The van der Waals surface area contributed by atoms with Crippen molar-refractivity contribution in [1.29, 1.82) is 0 Å². The van der Waals surface area contributed by atoms with Gasteiger partial charge in [0.05, 0.1) is 11.6 Å². The molecule has 0 amide bonds. The average molecular weight is 327 g/mol. The van der Waals surface area contributed by atoms with Crippen LogP contribution < -0.4 is 10.1 Å². The van der Waals surface area contributed by atoms with Crippen LogP contribution in [-0.2, 0) is 0 Å². The normalized spacial score (nSPS) is 15.5. The molecule has 1 aliphatic carbocycles. The van der Waals surface area contributed by atoms with Gasteiger partial charge in [0.1, 0.15) is 12.4 Å². The number of hydrogen-bond acceptors (Lipinski definition) is 2. The fraction of sp³-hybridized carbons (Fsp3) is 0.562. The van der Waals surface area contributed by atoms with E-state index >= 15 is 0 Å². The fourth-order valence-electron chi connectivity index (χ4n) is 2.49. The third kappa shape index (κ3) is 5.36. The molecule has 0 radical (unpaired) electrons. The molecular formula is C16H23ClN2OS. The first-order chi connectivity index (χ1) is 10.2. The molecule has 1 aromatic carbocycles. The van der Waals surface area contributed by atoms with E-state index in [1.54, 1.807) is 0 Å². The van der Waals surface area contributed by atoms with E-state index in [0.29, 0.717) is 17.7 Å². The van der Waals surface area contributed by atoms with Crippen molar-refractivity contribution in [3.63, 3.8) is 0 Å². The van der Waals surface area contributed by atoms with Gasteiger partial charge in [0.2, 0.25) is 0 Å². The lowest BCUT2D eigenvalue weighted by Crippen LogP contribution is -2.44. The summed E-state index contributed by atoms with van der Waals surface area (Å²) in [5.74, 6) is 0.721. The van der Waals surface area contributed by atoms with E-state index in [-0.39, 0.29) is 0 Å². The standard InChI is InChI=1S/C16H23ClN2OS/c1-19(16(21)18-13-7-3-2-4-8-13)11-12-20-15-10-6-5-9-14(15)17/h5-6,9-10,13H,2-4,7-8,11-12H2,1H3,(H,18,21). The van der Waals surface area contributed by atoms with E-state index in [0.717, 1.165) is 17.4 Å². The van der Waals surface area contributed by atoms with E-state index in [1.807, 2.05) is 36.2 Å². The quantitative estimate of drug-likeness (QED) is 0.830. The fourth-order valence-corrected chi connectivity index (χ4v) is 2.94. The highest BCUT2D eigenvalue weighted by atomic mass is 35.5. The van der Waals surface area contributed by atoms with Gasteiger partial charge in [-0.3, -0.25) is 0 Å². The molecule has 0 unspecified atom stereocenters. The molecule has 0 aliphatic heterocycles. The van der Waals surface area contributed by atoms with Gasteiger partial charge >= 0.3 is 0 Å². The molecule has 0 spiro atoms. The summed E-state index contributed by atoms with van der Waals surface area (Å²) in [5.41, 5.74) is 0. The summed E-state index contributed by atoms with van der Waals surface area (Å²) in [6.45, 7) is 1.30. The van der Waals surface area contributed by atoms with Crippen LogP contribution in [0.5, 0.6) is 5.75 Å². The molecule has 116 valence electrons. The number of likely N-dealkylation sites (N-methyl/N-ethyl adjacent to an activating group) is 1. The summed E-state index contributed by atoms with van der Waals surface area (Å²) in [5, 5.41) is 4.91. The Morgan fingerprint density at radius 1 is 1.33 bits per heavy atom.